The third-order valence-corrected chi connectivity index (χ3v) is 4.25. The fourth-order valence-electron chi connectivity index (χ4n) is 2.54. The molecule has 1 heterocycles. The number of methoxy groups -OCH3 is 1. The van der Waals surface area contributed by atoms with Crippen molar-refractivity contribution in [3.63, 3.8) is 0 Å². The zero-order valence-corrected chi connectivity index (χ0v) is 13.2. The number of nitrogens with zero attached hydrogens (tertiary/aromatic N) is 1. The van der Waals surface area contributed by atoms with Gasteiger partial charge in [0, 0.05) is 25.2 Å². The van der Waals surface area contributed by atoms with Gasteiger partial charge in [0.1, 0.15) is 0 Å². The molecule has 3 N–H and O–H groups in total. The lowest BCUT2D eigenvalue weighted by Gasteiger charge is -2.34. The standard InChI is InChI=1S/C15H22ClN3O2/c1-10(19-7-5-12(21-2)6-8-19)15(20)18-14-9-11(16)3-4-13(14)17/h3-4,9-10,12H,5-8,17H2,1-2H3,(H,18,20). The smallest absolute Gasteiger partial charge is 0.241 e. The van der Waals surface area contributed by atoms with Crippen LogP contribution >= 0.6 is 11.6 Å². The van der Waals surface area contributed by atoms with E-state index in [0.29, 0.717) is 22.5 Å². The third kappa shape index (κ3) is 4.09. The highest BCUT2D eigenvalue weighted by atomic mass is 35.5. The Bertz CT molecular complexity index is 502. The zero-order chi connectivity index (χ0) is 15.4. The molecular weight excluding hydrogens is 290 g/mol. The summed E-state index contributed by atoms with van der Waals surface area (Å²) >= 11 is 5.93. The van der Waals surface area contributed by atoms with Crippen LogP contribution in [0, 0.1) is 0 Å². The van der Waals surface area contributed by atoms with Gasteiger partial charge in [-0.2, -0.15) is 0 Å². The molecule has 0 saturated carbocycles. The van der Waals surface area contributed by atoms with E-state index in [9.17, 15) is 4.79 Å². The number of halogens is 1. The van der Waals surface area contributed by atoms with Crippen molar-refractivity contribution in [1.82, 2.24) is 4.90 Å². The van der Waals surface area contributed by atoms with E-state index in [2.05, 4.69) is 10.2 Å². The number of ether oxygens (including phenoxy) is 1. The summed E-state index contributed by atoms with van der Waals surface area (Å²) in [7, 11) is 1.73. The highest BCUT2D eigenvalue weighted by Crippen LogP contribution is 2.24. The molecule has 0 radical (unpaired) electrons. The van der Waals surface area contributed by atoms with Crippen LogP contribution < -0.4 is 11.1 Å². The summed E-state index contributed by atoms with van der Waals surface area (Å²) in [6.07, 6.45) is 2.21. The Balaban J connectivity index is 1.95. The number of hydrogen-bond donors (Lipinski definition) is 2. The number of nitrogens with one attached hydrogen (secondary N) is 1. The van der Waals surface area contributed by atoms with Gasteiger partial charge in [0.25, 0.3) is 0 Å². The van der Waals surface area contributed by atoms with E-state index < -0.39 is 0 Å². The number of amides is 1. The van der Waals surface area contributed by atoms with Crippen molar-refractivity contribution < 1.29 is 9.53 Å². The second kappa shape index (κ2) is 7.11. The first kappa shape index (κ1) is 16.1. The first-order valence-electron chi connectivity index (χ1n) is 7.14. The molecule has 0 bridgehead atoms. The number of rotatable bonds is 4. The van der Waals surface area contributed by atoms with Crippen molar-refractivity contribution in [2.24, 2.45) is 0 Å². The molecule has 5 nitrogen and oxygen atoms in total. The molecule has 1 aromatic carbocycles. The lowest BCUT2D eigenvalue weighted by atomic mass is 10.1. The lowest BCUT2D eigenvalue weighted by molar-refractivity contribution is -0.121. The second-order valence-corrected chi connectivity index (χ2v) is 5.80. The van der Waals surface area contributed by atoms with Crippen LogP contribution in [0.15, 0.2) is 18.2 Å². The van der Waals surface area contributed by atoms with E-state index in [-0.39, 0.29) is 11.9 Å². The van der Waals surface area contributed by atoms with Gasteiger partial charge >= 0.3 is 0 Å². The maximum Gasteiger partial charge on any atom is 0.241 e. The van der Waals surface area contributed by atoms with Crippen molar-refractivity contribution in [1.29, 1.82) is 0 Å². The molecule has 1 aliphatic heterocycles. The van der Waals surface area contributed by atoms with Crippen LogP contribution in [0.4, 0.5) is 11.4 Å². The predicted molar refractivity (Wildman–Crippen MR) is 85.6 cm³/mol. The maximum atomic E-state index is 12.3. The summed E-state index contributed by atoms with van der Waals surface area (Å²) in [6.45, 7) is 3.62. The number of piperidine rings is 1. The topological polar surface area (TPSA) is 67.6 Å². The summed E-state index contributed by atoms with van der Waals surface area (Å²) in [5.41, 5.74) is 6.92. The van der Waals surface area contributed by atoms with Crippen molar-refractivity contribution in [3.8, 4) is 0 Å². The molecule has 0 aromatic heterocycles. The first-order valence-corrected chi connectivity index (χ1v) is 7.51. The number of likely N-dealkylation sites (tertiary alicyclic amines) is 1. The highest BCUT2D eigenvalue weighted by molar-refractivity contribution is 6.31. The van der Waals surface area contributed by atoms with Crippen LogP contribution in [0.5, 0.6) is 0 Å². The fraction of sp³-hybridized carbons (Fsp3) is 0.533. The van der Waals surface area contributed by atoms with Crippen LogP contribution in [-0.4, -0.2) is 43.2 Å². The Hall–Kier alpha value is -1.30. The summed E-state index contributed by atoms with van der Waals surface area (Å²) in [4.78, 5) is 14.5. The Morgan fingerprint density at radius 3 is 2.76 bits per heavy atom. The van der Waals surface area contributed by atoms with Gasteiger partial charge in [0.15, 0.2) is 0 Å². The van der Waals surface area contributed by atoms with Gasteiger partial charge in [-0.3, -0.25) is 9.69 Å². The van der Waals surface area contributed by atoms with Gasteiger partial charge in [-0.1, -0.05) is 11.6 Å². The number of nitrogen functional groups attached to an aromatic ring is 1. The minimum Gasteiger partial charge on any atom is -0.397 e. The number of benzene rings is 1. The fourth-order valence-corrected chi connectivity index (χ4v) is 2.71. The number of nitrogens with two attached hydrogens (primary N) is 1. The molecule has 116 valence electrons. The quantitative estimate of drug-likeness (QED) is 0.838. The number of anilines is 2. The summed E-state index contributed by atoms with van der Waals surface area (Å²) in [5.74, 6) is -0.0696. The normalized spacial score (nSPS) is 18.4. The van der Waals surface area contributed by atoms with Gasteiger partial charge in [-0.15, -0.1) is 0 Å². The predicted octanol–water partition coefficient (Wildman–Crippen LogP) is 2.36. The van der Waals surface area contributed by atoms with Gasteiger partial charge in [0.2, 0.25) is 5.91 Å². The van der Waals surface area contributed by atoms with Crippen molar-refractivity contribution in [2.45, 2.75) is 31.9 Å². The summed E-state index contributed by atoms with van der Waals surface area (Å²) in [6, 6.07) is 4.85. The lowest BCUT2D eigenvalue weighted by Crippen LogP contribution is -2.47. The van der Waals surface area contributed by atoms with Crippen LogP contribution in [0.25, 0.3) is 0 Å². The van der Waals surface area contributed by atoms with E-state index in [4.69, 9.17) is 22.1 Å². The molecule has 2 rings (SSSR count). The molecule has 1 unspecified atom stereocenters. The molecule has 1 amide bonds. The SMILES string of the molecule is COC1CCN(C(C)C(=O)Nc2cc(Cl)ccc2N)CC1. The molecule has 1 atom stereocenters. The molecule has 0 aliphatic carbocycles. The third-order valence-electron chi connectivity index (χ3n) is 4.01. The van der Waals surface area contributed by atoms with Crippen LogP contribution in [0.3, 0.4) is 0 Å². The van der Waals surface area contributed by atoms with Crippen molar-refractivity contribution >= 4 is 28.9 Å². The monoisotopic (exact) mass is 311 g/mol. The van der Waals surface area contributed by atoms with Crippen LogP contribution in [0.2, 0.25) is 5.02 Å². The molecule has 21 heavy (non-hydrogen) atoms. The van der Waals surface area contributed by atoms with Crippen LogP contribution in [0.1, 0.15) is 19.8 Å². The molecule has 1 aliphatic rings. The number of carbonyl (C=O) groups excluding carboxylic acids is 1. The molecule has 0 spiro atoms. The van der Waals surface area contributed by atoms with E-state index in [0.717, 1.165) is 25.9 Å². The number of hydrogen-bond acceptors (Lipinski definition) is 4. The molecule has 6 heteroatoms. The Labute approximate surface area is 130 Å². The average molecular weight is 312 g/mol. The number of carbonyl (C=O) groups is 1. The van der Waals surface area contributed by atoms with Gasteiger partial charge < -0.3 is 15.8 Å². The molecule has 1 aromatic rings. The summed E-state index contributed by atoms with van der Waals surface area (Å²) < 4.78 is 5.35. The summed E-state index contributed by atoms with van der Waals surface area (Å²) in [5, 5.41) is 3.40. The zero-order valence-electron chi connectivity index (χ0n) is 12.4. The Morgan fingerprint density at radius 2 is 2.14 bits per heavy atom. The molecule has 1 saturated heterocycles. The van der Waals surface area contributed by atoms with E-state index >= 15 is 0 Å². The first-order chi connectivity index (χ1) is 10.0. The van der Waals surface area contributed by atoms with Crippen molar-refractivity contribution in [2.75, 3.05) is 31.2 Å². The second-order valence-electron chi connectivity index (χ2n) is 5.37. The Kier molecular flexibility index (Phi) is 5.45. The van der Waals surface area contributed by atoms with Gasteiger partial charge in [0.05, 0.1) is 23.5 Å². The largest absolute Gasteiger partial charge is 0.397 e. The highest BCUT2D eigenvalue weighted by Gasteiger charge is 2.26. The average Bonchev–Trinajstić information content (AvgIpc) is 2.50. The van der Waals surface area contributed by atoms with Crippen molar-refractivity contribution in [3.05, 3.63) is 23.2 Å². The molecular formula is C15H22ClN3O2. The minimum atomic E-state index is -0.207. The van der Waals surface area contributed by atoms with E-state index in [1.807, 2.05) is 6.92 Å². The van der Waals surface area contributed by atoms with E-state index in [1.54, 1.807) is 25.3 Å². The maximum absolute atomic E-state index is 12.3. The Morgan fingerprint density at radius 1 is 1.48 bits per heavy atom. The van der Waals surface area contributed by atoms with Gasteiger partial charge in [-0.05, 0) is 38.0 Å². The van der Waals surface area contributed by atoms with E-state index in [1.165, 1.54) is 0 Å². The van der Waals surface area contributed by atoms with Crippen LogP contribution in [-0.2, 0) is 9.53 Å². The van der Waals surface area contributed by atoms with Gasteiger partial charge in [-0.25, -0.2) is 0 Å². The molecule has 1 fully saturated rings. The minimum absolute atomic E-state index is 0.0696.